The van der Waals surface area contributed by atoms with E-state index in [4.69, 9.17) is 10.1 Å². The fourth-order valence-corrected chi connectivity index (χ4v) is 5.87. The van der Waals surface area contributed by atoms with Gasteiger partial charge in [0.2, 0.25) is 10.0 Å². The Kier molecular flexibility index (Phi) is 4.55. The third kappa shape index (κ3) is 3.39. The number of piperidine rings is 1. The third-order valence-electron chi connectivity index (χ3n) is 4.54. The second-order valence-corrected chi connectivity index (χ2v) is 10.0. The van der Waals surface area contributed by atoms with Gasteiger partial charge < -0.3 is 4.90 Å². The molecule has 3 aromatic rings. The first kappa shape index (κ1) is 17.6. The molecule has 4 rings (SSSR count). The standard InChI is InChI=1S/C17H17N3O3S3/c18-26(22,23)15-9-12(10-24-15)17(21)20-7-5-11(6-8-20)16-19-13-3-1-2-4-14(13)25-16/h1-4,9-11H,5-8H2,(H2,18,22,23). The number of amides is 1. The molecule has 0 spiro atoms. The number of thiophene rings is 1. The molecule has 1 saturated heterocycles. The van der Waals surface area contributed by atoms with E-state index in [2.05, 4.69) is 6.07 Å². The fourth-order valence-electron chi connectivity index (χ4n) is 3.15. The Hall–Kier alpha value is -1.81. The van der Waals surface area contributed by atoms with Gasteiger partial charge in [-0.05, 0) is 31.0 Å². The van der Waals surface area contributed by atoms with Crippen LogP contribution in [0.5, 0.6) is 0 Å². The van der Waals surface area contributed by atoms with Gasteiger partial charge in [0.1, 0.15) is 4.21 Å². The van der Waals surface area contributed by atoms with E-state index in [1.165, 1.54) is 10.8 Å². The summed E-state index contributed by atoms with van der Waals surface area (Å²) in [5.41, 5.74) is 1.41. The number of thiazole rings is 1. The first-order valence-electron chi connectivity index (χ1n) is 8.18. The molecule has 6 nitrogen and oxygen atoms in total. The maximum absolute atomic E-state index is 12.6. The lowest BCUT2D eigenvalue weighted by Crippen LogP contribution is -2.37. The Labute approximate surface area is 159 Å². The van der Waals surface area contributed by atoms with Crippen molar-refractivity contribution in [2.75, 3.05) is 13.1 Å². The summed E-state index contributed by atoms with van der Waals surface area (Å²) in [6.45, 7) is 1.28. The molecule has 136 valence electrons. The van der Waals surface area contributed by atoms with E-state index >= 15 is 0 Å². The fraction of sp³-hybridized carbons (Fsp3) is 0.294. The summed E-state index contributed by atoms with van der Waals surface area (Å²) in [5.74, 6) is 0.220. The van der Waals surface area contributed by atoms with E-state index in [-0.39, 0.29) is 10.1 Å². The summed E-state index contributed by atoms with van der Waals surface area (Å²) in [6.07, 6.45) is 1.72. The molecule has 0 bridgehead atoms. The highest BCUT2D eigenvalue weighted by Crippen LogP contribution is 2.34. The molecule has 1 aliphatic rings. The van der Waals surface area contributed by atoms with Crippen molar-refractivity contribution < 1.29 is 13.2 Å². The van der Waals surface area contributed by atoms with Crippen molar-refractivity contribution in [2.24, 2.45) is 5.14 Å². The first-order chi connectivity index (χ1) is 12.4. The molecule has 0 saturated carbocycles. The zero-order valence-corrected chi connectivity index (χ0v) is 16.2. The number of para-hydroxylation sites is 1. The van der Waals surface area contributed by atoms with Crippen LogP contribution in [0.25, 0.3) is 10.2 Å². The Bertz CT molecular complexity index is 1030. The summed E-state index contributed by atoms with van der Waals surface area (Å²) in [4.78, 5) is 19.1. The third-order valence-corrected chi connectivity index (χ3v) is 8.13. The number of benzene rings is 1. The van der Waals surface area contributed by atoms with Gasteiger partial charge in [0.05, 0.1) is 20.8 Å². The number of nitrogens with zero attached hydrogens (tertiary/aromatic N) is 2. The lowest BCUT2D eigenvalue weighted by Gasteiger charge is -2.30. The Morgan fingerprint density at radius 1 is 1.23 bits per heavy atom. The van der Waals surface area contributed by atoms with Crippen LogP contribution in [0.15, 0.2) is 39.9 Å². The lowest BCUT2D eigenvalue weighted by atomic mass is 9.97. The van der Waals surface area contributed by atoms with Crippen molar-refractivity contribution in [1.29, 1.82) is 0 Å². The minimum atomic E-state index is -3.76. The van der Waals surface area contributed by atoms with E-state index in [9.17, 15) is 13.2 Å². The monoisotopic (exact) mass is 407 g/mol. The SMILES string of the molecule is NS(=O)(=O)c1cc(C(=O)N2CCC(c3nc4ccccc4s3)CC2)cs1. The van der Waals surface area contributed by atoms with E-state index in [1.807, 2.05) is 18.2 Å². The van der Waals surface area contributed by atoms with Crippen molar-refractivity contribution >= 4 is 48.8 Å². The summed E-state index contributed by atoms with van der Waals surface area (Å²) >= 11 is 2.70. The highest BCUT2D eigenvalue weighted by atomic mass is 32.2. The van der Waals surface area contributed by atoms with E-state index in [1.54, 1.807) is 21.6 Å². The van der Waals surface area contributed by atoms with Crippen LogP contribution in [0.3, 0.4) is 0 Å². The molecule has 1 amide bonds. The van der Waals surface area contributed by atoms with Crippen LogP contribution in [-0.2, 0) is 10.0 Å². The molecule has 2 aromatic heterocycles. The Balaban J connectivity index is 1.44. The van der Waals surface area contributed by atoms with Crippen molar-refractivity contribution in [1.82, 2.24) is 9.88 Å². The summed E-state index contributed by atoms with van der Waals surface area (Å²) < 4.78 is 24.0. The van der Waals surface area contributed by atoms with E-state index in [0.717, 1.165) is 34.7 Å². The van der Waals surface area contributed by atoms with Crippen LogP contribution in [0.2, 0.25) is 0 Å². The second kappa shape index (κ2) is 6.73. The number of primary sulfonamides is 1. The number of carbonyl (C=O) groups is 1. The quantitative estimate of drug-likeness (QED) is 0.722. The van der Waals surface area contributed by atoms with Crippen LogP contribution in [0.1, 0.15) is 34.1 Å². The minimum Gasteiger partial charge on any atom is -0.339 e. The molecule has 1 aliphatic heterocycles. The van der Waals surface area contributed by atoms with E-state index < -0.39 is 10.0 Å². The van der Waals surface area contributed by atoms with Crippen molar-refractivity contribution in [3.8, 4) is 0 Å². The predicted molar refractivity (Wildman–Crippen MR) is 103 cm³/mol. The predicted octanol–water partition coefficient (Wildman–Crippen LogP) is 3.03. The number of likely N-dealkylation sites (tertiary alicyclic amines) is 1. The molecular formula is C17H17N3O3S3. The summed E-state index contributed by atoms with van der Waals surface area (Å²) in [7, 11) is -3.76. The van der Waals surface area contributed by atoms with Crippen molar-refractivity contribution in [3.05, 3.63) is 46.3 Å². The lowest BCUT2D eigenvalue weighted by molar-refractivity contribution is 0.0713. The largest absolute Gasteiger partial charge is 0.339 e. The summed E-state index contributed by atoms with van der Waals surface area (Å²) in [6, 6.07) is 9.47. The Morgan fingerprint density at radius 3 is 2.62 bits per heavy atom. The zero-order valence-electron chi connectivity index (χ0n) is 13.8. The highest BCUT2D eigenvalue weighted by molar-refractivity contribution is 7.91. The molecule has 9 heteroatoms. The first-order valence-corrected chi connectivity index (χ1v) is 11.4. The van der Waals surface area contributed by atoms with Gasteiger partial charge in [-0.25, -0.2) is 18.5 Å². The van der Waals surface area contributed by atoms with E-state index in [0.29, 0.717) is 24.6 Å². The highest BCUT2D eigenvalue weighted by Gasteiger charge is 2.27. The van der Waals surface area contributed by atoms with Gasteiger partial charge >= 0.3 is 0 Å². The average molecular weight is 408 g/mol. The normalized spacial score (nSPS) is 16.3. The smallest absolute Gasteiger partial charge is 0.254 e. The van der Waals surface area contributed by atoms with Crippen LogP contribution >= 0.6 is 22.7 Å². The molecule has 0 aliphatic carbocycles. The van der Waals surface area contributed by atoms with Crippen LogP contribution in [0.4, 0.5) is 0 Å². The number of rotatable bonds is 3. The zero-order chi connectivity index (χ0) is 18.3. The maximum Gasteiger partial charge on any atom is 0.254 e. The van der Waals surface area contributed by atoms with Gasteiger partial charge in [-0.1, -0.05) is 12.1 Å². The molecule has 3 heterocycles. The Morgan fingerprint density at radius 2 is 1.96 bits per heavy atom. The van der Waals surface area contributed by atoms with Gasteiger partial charge in [-0.3, -0.25) is 4.79 Å². The molecular weight excluding hydrogens is 390 g/mol. The van der Waals surface area contributed by atoms with Gasteiger partial charge in [-0.15, -0.1) is 22.7 Å². The molecule has 1 fully saturated rings. The van der Waals surface area contributed by atoms with Crippen molar-refractivity contribution in [2.45, 2.75) is 23.0 Å². The van der Waals surface area contributed by atoms with Gasteiger partial charge in [0.25, 0.3) is 5.91 Å². The minimum absolute atomic E-state index is 0.0187. The number of carbonyl (C=O) groups excluding carboxylic acids is 1. The molecule has 2 N–H and O–H groups in total. The molecule has 0 radical (unpaired) electrons. The number of hydrogen-bond donors (Lipinski definition) is 1. The van der Waals surface area contributed by atoms with Crippen LogP contribution in [0, 0.1) is 0 Å². The van der Waals surface area contributed by atoms with Gasteiger partial charge in [0.15, 0.2) is 0 Å². The van der Waals surface area contributed by atoms with Crippen LogP contribution in [-0.4, -0.2) is 37.3 Å². The number of nitrogens with two attached hydrogens (primary N) is 1. The number of aromatic nitrogens is 1. The molecule has 0 unspecified atom stereocenters. The number of fused-ring (bicyclic) bond motifs is 1. The van der Waals surface area contributed by atoms with Crippen molar-refractivity contribution in [3.63, 3.8) is 0 Å². The number of hydrogen-bond acceptors (Lipinski definition) is 6. The van der Waals surface area contributed by atoms with Gasteiger partial charge in [-0.2, -0.15) is 0 Å². The number of sulfonamides is 1. The maximum atomic E-state index is 12.6. The van der Waals surface area contributed by atoms with Crippen LogP contribution < -0.4 is 5.14 Å². The molecule has 26 heavy (non-hydrogen) atoms. The average Bonchev–Trinajstić information content (AvgIpc) is 3.28. The van der Waals surface area contributed by atoms with Gasteiger partial charge in [0, 0.05) is 24.4 Å². The topological polar surface area (TPSA) is 93.4 Å². The summed E-state index contributed by atoms with van der Waals surface area (Å²) in [5, 5.41) is 7.80. The molecule has 1 aromatic carbocycles. The molecule has 0 atom stereocenters. The second-order valence-electron chi connectivity index (χ2n) is 6.29.